The van der Waals surface area contributed by atoms with Crippen molar-refractivity contribution in [2.24, 2.45) is 5.73 Å². The molecule has 1 amide bonds. The van der Waals surface area contributed by atoms with Gasteiger partial charge in [0.2, 0.25) is 5.91 Å². The minimum Gasteiger partial charge on any atom is -0.354 e. The molecular formula is C9H20N2O3. The lowest BCUT2D eigenvalue weighted by Crippen LogP contribution is -2.34. The van der Waals surface area contributed by atoms with E-state index in [4.69, 9.17) is 15.2 Å². The van der Waals surface area contributed by atoms with Crippen molar-refractivity contribution in [3.05, 3.63) is 0 Å². The molecule has 0 atom stereocenters. The fourth-order valence-electron chi connectivity index (χ4n) is 0.870. The van der Waals surface area contributed by atoms with E-state index in [1.165, 1.54) is 6.92 Å². The third-order valence-electron chi connectivity index (χ3n) is 1.49. The van der Waals surface area contributed by atoms with Gasteiger partial charge in [-0.25, -0.2) is 0 Å². The van der Waals surface area contributed by atoms with Crippen LogP contribution in [0.15, 0.2) is 0 Å². The third kappa shape index (κ3) is 7.97. The van der Waals surface area contributed by atoms with Gasteiger partial charge in [-0.15, -0.1) is 0 Å². The maximum Gasteiger partial charge on any atom is 0.216 e. The first-order chi connectivity index (χ1) is 6.48. The highest BCUT2D eigenvalue weighted by Gasteiger charge is 2.17. The van der Waals surface area contributed by atoms with Crippen LogP contribution in [0.2, 0.25) is 0 Å². The largest absolute Gasteiger partial charge is 0.354 e. The van der Waals surface area contributed by atoms with Crippen LogP contribution in [0.1, 0.15) is 20.8 Å². The van der Waals surface area contributed by atoms with Crippen LogP contribution in [0, 0.1) is 0 Å². The molecule has 84 valence electrons. The first kappa shape index (κ1) is 13.4. The van der Waals surface area contributed by atoms with Gasteiger partial charge >= 0.3 is 0 Å². The molecule has 0 rings (SSSR count). The van der Waals surface area contributed by atoms with Gasteiger partial charge < -0.3 is 20.5 Å². The van der Waals surface area contributed by atoms with Gasteiger partial charge in [-0.05, 0) is 13.8 Å². The van der Waals surface area contributed by atoms with Gasteiger partial charge in [0.15, 0.2) is 5.79 Å². The van der Waals surface area contributed by atoms with Gasteiger partial charge in [0.25, 0.3) is 0 Å². The van der Waals surface area contributed by atoms with Crippen LogP contribution in [-0.2, 0) is 14.3 Å². The monoisotopic (exact) mass is 204 g/mol. The average molecular weight is 204 g/mol. The van der Waals surface area contributed by atoms with E-state index in [0.29, 0.717) is 26.3 Å². The third-order valence-corrected chi connectivity index (χ3v) is 1.49. The number of hydrogen-bond acceptors (Lipinski definition) is 4. The quantitative estimate of drug-likeness (QED) is 0.447. The molecule has 0 bridgehead atoms. The van der Waals surface area contributed by atoms with Gasteiger partial charge in [0.1, 0.15) is 0 Å². The summed E-state index contributed by atoms with van der Waals surface area (Å²) in [4.78, 5) is 10.5. The number of rotatable bonds is 7. The zero-order valence-corrected chi connectivity index (χ0v) is 9.13. The number of carbonyl (C=O) groups excluding carboxylic acids is 1. The molecule has 0 aliphatic carbocycles. The molecule has 0 spiro atoms. The number of amides is 1. The van der Waals surface area contributed by atoms with Gasteiger partial charge in [-0.3, -0.25) is 4.79 Å². The highest BCUT2D eigenvalue weighted by molar-refractivity contribution is 5.72. The standard InChI is InChI=1S/C9H20N2O3/c1-8(12)11-5-7-14-9(2,3)13-6-4-10/h4-7,10H2,1-3H3,(H,11,12). The second-order valence-corrected chi connectivity index (χ2v) is 3.37. The Morgan fingerprint density at radius 1 is 1.36 bits per heavy atom. The molecule has 5 nitrogen and oxygen atoms in total. The van der Waals surface area contributed by atoms with Crippen LogP contribution < -0.4 is 11.1 Å². The maximum atomic E-state index is 10.5. The summed E-state index contributed by atoms with van der Waals surface area (Å²) in [6.07, 6.45) is 0. The summed E-state index contributed by atoms with van der Waals surface area (Å²) >= 11 is 0. The van der Waals surface area contributed by atoms with E-state index in [-0.39, 0.29) is 5.91 Å². The normalized spacial score (nSPS) is 11.4. The lowest BCUT2D eigenvalue weighted by Gasteiger charge is -2.25. The molecule has 0 saturated carbocycles. The topological polar surface area (TPSA) is 73.6 Å². The smallest absolute Gasteiger partial charge is 0.216 e. The summed E-state index contributed by atoms with van der Waals surface area (Å²) in [5.74, 6) is -0.702. The Balaban J connectivity index is 3.49. The predicted octanol–water partition coefficient (Wildman–Crippen LogP) is -0.149. The predicted molar refractivity (Wildman–Crippen MR) is 53.7 cm³/mol. The van der Waals surface area contributed by atoms with Crippen LogP contribution >= 0.6 is 0 Å². The minimum atomic E-state index is -0.641. The zero-order valence-electron chi connectivity index (χ0n) is 9.13. The zero-order chi connectivity index (χ0) is 11.0. The second-order valence-electron chi connectivity index (χ2n) is 3.37. The molecule has 5 heteroatoms. The molecule has 0 fully saturated rings. The fourth-order valence-corrected chi connectivity index (χ4v) is 0.870. The molecule has 0 aliphatic rings. The number of ether oxygens (including phenoxy) is 2. The molecule has 0 aromatic rings. The van der Waals surface area contributed by atoms with Crippen LogP contribution in [0.4, 0.5) is 0 Å². The average Bonchev–Trinajstić information content (AvgIpc) is 2.09. The van der Waals surface area contributed by atoms with Gasteiger partial charge in [0.05, 0.1) is 13.2 Å². The van der Waals surface area contributed by atoms with Crippen LogP contribution in [0.25, 0.3) is 0 Å². The summed E-state index contributed by atoms with van der Waals surface area (Å²) in [7, 11) is 0. The lowest BCUT2D eigenvalue weighted by molar-refractivity contribution is -0.210. The Kier molecular flexibility index (Phi) is 6.44. The Hall–Kier alpha value is -0.650. The van der Waals surface area contributed by atoms with Crippen LogP contribution in [0.5, 0.6) is 0 Å². The minimum absolute atomic E-state index is 0.0608. The van der Waals surface area contributed by atoms with E-state index in [0.717, 1.165) is 0 Å². The Labute approximate surface area is 84.9 Å². The van der Waals surface area contributed by atoms with E-state index < -0.39 is 5.79 Å². The van der Waals surface area contributed by atoms with E-state index in [2.05, 4.69) is 5.32 Å². The van der Waals surface area contributed by atoms with Crippen molar-refractivity contribution in [1.29, 1.82) is 0 Å². The molecule has 3 N–H and O–H groups in total. The molecular weight excluding hydrogens is 184 g/mol. The van der Waals surface area contributed by atoms with Gasteiger partial charge in [-0.2, -0.15) is 0 Å². The Morgan fingerprint density at radius 3 is 2.43 bits per heavy atom. The summed E-state index contributed by atoms with van der Waals surface area (Å²) in [5, 5.41) is 2.63. The van der Waals surface area contributed by atoms with Crippen LogP contribution in [-0.4, -0.2) is 38.0 Å². The van der Waals surface area contributed by atoms with E-state index >= 15 is 0 Å². The number of carbonyl (C=O) groups is 1. The van der Waals surface area contributed by atoms with Gasteiger partial charge in [0, 0.05) is 20.0 Å². The first-order valence-electron chi connectivity index (χ1n) is 4.70. The fraction of sp³-hybridized carbons (Fsp3) is 0.889. The summed E-state index contributed by atoms with van der Waals surface area (Å²) in [5.41, 5.74) is 5.29. The van der Waals surface area contributed by atoms with Crippen molar-refractivity contribution in [3.8, 4) is 0 Å². The molecule has 0 aromatic heterocycles. The van der Waals surface area contributed by atoms with Crippen molar-refractivity contribution in [2.75, 3.05) is 26.3 Å². The maximum absolute atomic E-state index is 10.5. The Bertz CT molecular complexity index is 171. The van der Waals surface area contributed by atoms with Crippen molar-refractivity contribution in [3.63, 3.8) is 0 Å². The molecule has 0 saturated heterocycles. The van der Waals surface area contributed by atoms with Crippen molar-refractivity contribution >= 4 is 5.91 Å². The van der Waals surface area contributed by atoms with Crippen molar-refractivity contribution < 1.29 is 14.3 Å². The molecule has 0 heterocycles. The molecule has 0 aliphatic heterocycles. The molecule has 0 radical (unpaired) electrons. The number of hydrogen-bond donors (Lipinski definition) is 2. The van der Waals surface area contributed by atoms with Crippen LogP contribution in [0.3, 0.4) is 0 Å². The van der Waals surface area contributed by atoms with E-state index in [1.54, 1.807) is 0 Å². The van der Waals surface area contributed by atoms with E-state index in [9.17, 15) is 4.79 Å². The summed E-state index contributed by atoms with van der Waals surface area (Å²) < 4.78 is 10.7. The van der Waals surface area contributed by atoms with E-state index in [1.807, 2.05) is 13.8 Å². The number of nitrogens with two attached hydrogens (primary N) is 1. The summed E-state index contributed by atoms with van der Waals surface area (Å²) in [6, 6.07) is 0. The highest BCUT2D eigenvalue weighted by atomic mass is 16.7. The molecule has 0 aromatic carbocycles. The first-order valence-corrected chi connectivity index (χ1v) is 4.70. The SMILES string of the molecule is CC(=O)NCCOC(C)(C)OCCN. The van der Waals surface area contributed by atoms with Crippen molar-refractivity contribution in [2.45, 2.75) is 26.6 Å². The molecule has 14 heavy (non-hydrogen) atoms. The van der Waals surface area contributed by atoms with Crippen molar-refractivity contribution in [1.82, 2.24) is 5.32 Å². The number of nitrogens with one attached hydrogen (secondary N) is 1. The lowest BCUT2D eigenvalue weighted by atomic mass is 10.4. The van der Waals surface area contributed by atoms with Gasteiger partial charge in [-0.1, -0.05) is 0 Å². The second kappa shape index (κ2) is 6.75. The highest BCUT2D eigenvalue weighted by Crippen LogP contribution is 2.09. The molecule has 0 unspecified atom stereocenters. The Morgan fingerprint density at radius 2 is 1.93 bits per heavy atom. The summed E-state index contributed by atoms with van der Waals surface area (Å²) in [6.45, 7) is 6.95.